The molecule has 0 radical (unpaired) electrons. The van der Waals surface area contributed by atoms with Crippen LogP contribution in [0, 0.1) is 59.0 Å². The van der Waals surface area contributed by atoms with Crippen LogP contribution < -0.4 is 9.47 Å². The van der Waals surface area contributed by atoms with Gasteiger partial charge in [0.05, 0.1) is 20.0 Å². The third-order valence-electron chi connectivity index (χ3n) is 16.9. The first kappa shape index (κ1) is 69.3. The summed E-state index contributed by atoms with van der Waals surface area (Å²) in [5.74, 6) is -0.729. The molecule has 0 aliphatic carbocycles. The summed E-state index contributed by atoms with van der Waals surface area (Å²) in [6.45, 7) is 11.0. The molecule has 4 N–H and O–H groups in total. The first-order valence-corrected chi connectivity index (χ1v) is 34.6. The first-order chi connectivity index (χ1) is 49.5. The summed E-state index contributed by atoms with van der Waals surface area (Å²) in [7, 11) is 0. The lowest BCUT2D eigenvalue weighted by atomic mass is 9.93. The van der Waals surface area contributed by atoms with Gasteiger partial charge >= 0.3 is 0 Å². The second-order valence-corrected chi connectivity index (χ2v) is 27.9. The van der Waals surface area contributed by atoms with Gasteiger partial charge in [-0.05, 0) is 207 Å². The van der Waals surface area contributed by atoms with Crippen molar-refractivity contribution in [2.45, 2.75) is 41.5 Å². The molecule has 0 aliphatic rings. The molecule has 0 fully saturated rings. The van der Waals surface area contributed by atoms with Gasteiger partial charge in [0.2, 0.25) is 35.0 Å². The number of halogens is 3. The summed E-state index contributed by atoms with van der Waals surface area (Å²) in [6, 6.07) is 45.4. The summed E-state index contributed by atoms with van der Waals surface area (Å²) in [4.78, 5) is 76.1. The van der Waals surface area contributed by atoms with Gasteiger partial charge in [0.15, 0.2) is 12.5 Å². The molecule has 16 nitrogen and oxygen atoms in total. The minimum Gasteiger partial charge on any atom is -0.508 e. The van der Waals surface area contributed by atoms with Gasteiger partial charge in [0.1, 0.15) is 39.7 Å². The highest BCUT2D eigenvalue weighted by Crippen LogP contribution is 2.47. The molecule has 0 atom stereocenters. The number of hydrogen-bond donors (Lipinski definition) is 4. The number of carbonyl (C=O) groups is 5. The summed E-state index contributed by atoms with van der Waals surface area (Å²) in [5.41, 5.74) is 11.6. The van der Waals surface area contributed by atoms with Gasteiger partial charge in [0, 0.05) is 80.3 Å². The number of oxazole rings is 2. The molecule has 23 heteroatoms. The van der Waals surface area contributed by atoms with Crippen molar-refractivity contribution >= 4 is 106 Å². The number of hydrogen-bond acceptors (Lipinski definition) is 20. The van der Waals surface area contributed by atoms with E-state index in [0.717, 1.165) is 75.5 Å². The highest BCUT2D eigenvalue weighted by atomic mass is 32.1. The number of aromatic hydroxyl groups is 4. The zero-order valence-corrected chi connectivity index (χ0v) is 58.3. The van der Waals surface area contributed by atoms with Crippen LogP contribution >= 0.6 is 45.3 Å². The second kappa shape index (κ2) is 28.8. The molecule has 15 aromatic rings. The Kier molecular flexibility index (Phi) is 19.4. The minimum absolute atomic E-state index is 0.0561. The Bertz CT molecular complexity index is 5560. The van der Waals surface area contributed by atoms with Crippen LogP contribution in [0.25, 0.3) is 97.1 Å². The lowest BCUT2D eigenvalue weighted by molar-refractivity contribution is -0.121. The molecule has 103 heavy (non-hydrogen) atoms. The molecular formula is C80H54F3N3O13S4. The summed E-state index contributed by atoms with van der Waals surface area (Å²) < 4.78 is 64.0. The fourth-order valence-electron chi connectivity index (χ4n) is 12.5. The number of rotatable bonds is 16. The maximum absolute atomic E-state index is 13.9. The Morgan fingerprint density at radius 3 is 1.06 bits per heavy atom. The Balaban J connectivity index is 0.000000138. The maximum Gasteiger partial charge on any atom is 0.299 e. The number of aryl methyl sites for hydroxylation is 6. The first-order valence-electron chi connectivity index (χ1n) is 31.3. The van der Waals surface area contributed by atoms with Gasteiger partial charge in [-0.3, -0.25) is 24.0 Å². The number of phenolic OH excluding ortho intramolecular Hbond substituents is 3. The molecule has 0 saturated carbocycles. The van der Waals surface area contributed by atoms with Crippen molar-refractivity contribution < 1.29 is 75.9 Å². The molecule has 0 unspecified atom stereocenters. The molecule has 15 rings (SSSR count). The number of fused-ring (bicyclic) bond motifs is 3. The monoisotopic (exact) mass is 1450 g/mol. The van der Waals surface area contributed by atoms with Crippen LogP contribution in [-0.2, 0) is 9.59 Å². The third-order valence-corrected chi connectivity index (χ3v) is 21.2. The fraction of sp³-hybridized carbons (Fsp3) is 0.0750. The van der Waals surface area contributed by atoms with Gasteiger partial charge in [-0.1, -0.05) is 48.5 Å². The normalized spacial score (nSPS) is 11.1. The lowest BCUT2D eigenvalue weighted by Gasteiger charge is -2.11. The second-order valence-electron chi connectivity index (χ2n) is 23.8. The number of phenols is 3. The number of benzene rings is 9. The number of nitrogens with zero attached hydrogens (tertiary/aromatic N) is 3. The molecule has 0 aliphatic heterocycles. The molecule has 0 spiro atoms. The highest BCUT2D eigenvalue weighted by molar-refractivity contribution is 7.22. The van der Waals surface area contributed by atoms with Gasteiger partial charge in [0.25, 0.3) is 24.7 Å². The van der Waals surface area contributed by atoms with Gasteiger partial charge < -0.3 is 38.7 Å². The van der Waals surface area contributed by atoms with E-state index in [0.29, 0.717) is 87.3 Å². The zero-order valence-electron chi connectivity index (χ0n) is 55.0. The number of aromatic nitrogens is 3. The summed E-state index contributed by atoms with van der Waals surface area (Å²) >= 11 is 5.24. The predicted molar refractivity (Wildman–Crippen MR) is 392 cm³/mol. The number of carbonyl (C=O) groups excluding carboxylic acids is 5. The smallest absolute Gasteiger partial charge is 0.299 e. The Morgan fingerprint density at radius 2 is 0.718 bits per heavy atom. The van der Waals surface area contributed by atoms with E-state index in [1.807, 2.05) is 48.5 Å². The quantitative estimate of drug-likeness (QED) is 0.0518. The Morgan fingerprint density at radius 1 is 0.398 bits per heavy atom. The molecule has 0 bridgehead atoms. The van der Waals surface area contributed by atoms with Crippen molar-refractivity contribution in [1.29, 1.82) is 0 Å². The lowest BCUT2D eigenvalue weighted by Crippen LogP contribution is -2.06. The van der Waals surface area contributed by atoms with Gasteiger partial charge in [-0.2, -0.15) is 9.97 Å². The molecule has 512 valence electrons. The van der Waals surface area contributed by atoms with Gasteiger partial charge in [-0.25, -0.2) is 18.2 Å². The van der Waals surface area contributed by atoms with E-state index >= 15 is 0 Å². The van der Waals surface area contributed by atoms with Crippen molar-refractivity contribution in [3.63, 3.8) is 0 Å². The summed E-state index contributed by atoms with van der Waals surface area (Å²) in [5, 5.41) is 44.3. The third kappa shape index (κ3) is 14.1. The Labute approximate surface area is 600 Å². The van der Waals surface area contributed by atoms with E-state index in [-0.39, 0.29) is 87.9 Å². The molecule has 6 aromatic heterocycles. The van der Waals surface area contributed by atoms with Crippen molar-refractivity contribution in [3.05, 3.63) is 264 Å². The van der Waals surface area contributed by atoms with E-state index in [1.165, 1.54) is 88.0 Å². The number of thiophene rings is 3. The van der Waals surface area contributed by atoms with Crippen LogP contribution in [0.2, 0.25) is 0 Å². The number of ether oxygens (including phenoxy) is 2. The molecule has 9 aromatic carbocycles. The Hall–Kier alpha value is -12.2. The minimum atomic E-state index is -0.387. The van der Waals surface area contributed by atoms with E-state index < -0.39 is 0 Å². The van der Waals surface area contributed by atoms with Crippen LogP contribution in [0.1, 0.15) is 79.1 Å². The van der Waals surface area contributed by atoms with Crippen LogP contribution in [0.5, 0.6) is 34.9 Å². The largest absolute Gasteiger partial charge is 0.508 e. The SMILES string of the molecule is Cc1cc(F)cc(C)c1C(=O)c1sc2cc(O)ccc2c1-c1ccc(-c2nc(O)co2)cc1.Cc1cc(F)cc(C)c1C(=O)c1sc2cc(O)ccc2c1-c1ccc(-c2nc(OC=O)co2)cc1.Cc1cc(F)cc(C)c1C(=O)c1sc2cc(O)ccc2c1-c1ccc(-c2nc(OC=O)cs2)cc1. The highest BCUT2D eigenvalue weighted by Gasteiger charge is 2.29. The van der Waals surface area contributed by atoms with Crippen molar-refractivity contribution in [1.82, 2.24) is 15.0 Å². The summed E-state index contributed by atoms with van der Waals surface area (Å²) in [6.07, 6.45) is 2.40. The molecule has 0 saturated heterocycles. The van der Waals surface area contributed by atoms with Gasteiger partial charge in [-0.15, -0.1) is 45.3 Å². The van der Waals surface area contributed by atoms with Crippen LogP contribution in [0.4, 0.5) is 13.2 Å². The van der Waals surface area contributed by atoms with E-state index in [9.17, 15) is 57.6 Å². The van der Waals surface area contributed by atoms with E-state index in [1.54, 1.807) is 126 Å². The van der Waals surface area contributed by atoms with Crippen molar-refractivity contribution in [2.75, 3.05) is 0 Å². The van der Waals surface area contributed by atoms with E-state index in [2.05, 4.69) is 15.0 Å². The van der Waals surface area contributed by atoms with E-state index in [4.69, 9.17) is 18.3 Å². The van der Waals surface area contributed by atoms with Crippen LogP contribution in [0.3, 0.4) is 0 Å². The zero-order chi connectivity index (χ0) is 72.7. The van der Waals surface area contributed by atoms with Crippen LogP contribution in [-0.4, -0.2) is 65.7 Å². The predicted octanol–water partition coefficient (Wildman–Crippen LogP) is 20.0. The topological polar surface area (TPSA) is 250 Å². The number of ketones is 3. The van der Waals surface area contributed by atoms with Crippen molar-refractivity contribution in [3.8, 4) is 102 Å². The number of thiazole rings is 1. The maximum atomic E-state index is 13.9. The van der Waals surface area contributed by atoms with Crippen molar-refractivity contribution in [2.24, 2.45) is 0 Å². The average Bonchev–Trinajstić information content (AvgIpc) is 1.64. The fourth-order valence-corrected chi connectivity index (χ4v) is 16.8. The molecule has 0 amide bonds. The molecular weight excluding hydrogens is 1400 g/mol. The van der Waals surface area contributed by atoms with Crippen LogP contribution in [0.15, 0.2) is 191 Å². The standard InChI is InChI=1S/C27H18FNO5S.C27H18FNO4S2.C26H18FNO4S/c1-14-9-18(28)10-15(2)23(14)25(32)26-24(20-8-7-19(31)11-21(20)35-26)16-3-5-17(6-4-16)27-29-22(12-33-27)34-13-30;1-14-9-18(28)10-15(2)23(14)25(32)26-24(20-8-7-19(31)11-21(20)35-26)16-3-5-17(6-4-16)27-29-22(12-34-27)33-13-30;1-13-9-17(27)10-14(2)22(13)24(31)25-23(19-8-7-18(29)11-20(19)33-25)15-3-5-16(6-4-15)26-28-21(30)12-32-26/h2*3-13,31H,1-2H3;3-12,29-30H,1-2H3. The average molecular weight is 1450 g/mol. The molecule has 6 heterocycles.